The van der Waals surface area contributed by atoms with E-state index < -0.39 is 29.7 Å². The molecule has 2 amide bonds. The van der Waals surface area contributed by atoms with Crippen molar-refractivity contribution in [1.82, 2.24) is 9.99 Å². The van der Waals surface area contributed by atoms with E-state index in [4.69, 9.17) is 9.15 Å². The van der Waals surface area contributed by atoms with Gasteiger partial charge < -0.3 is 9.15 Å². The highest BCUT2D eigenvalue weighted by Gasteiger charge is 2.54. The Hall–Kier alpha value is -4.08. The van der Waals surface area contributed by atoms with Crippen LogP contribution in [0.2, 0.25) is 0 Å². The summed E-state index contributed by atoms with van der Waals surface area (Å²) in [6.07, 6.45) is 0. The summed E-state index contributed by atoms with van der Waals surface area (Å²) in [5.74, 6) is 0.349. The molecule has 1 aromatic heterocycles. The Morgan fingerprint density at radius 3 is 2.48 bits per heavy atom. The van der Waals surface area contributed by atoms with Crippen LogP contribution in [-0.2, 0) is 16.1 Å². The number of nitrogens with zero attached hydrogens (tertiary/aromatic N) is 5. The zero-order valence-corrected chi connectivity index (χ0v) is 17.9. The van der Waals surface area contributed by atoms with E-state index >= 15 is 0 Å². The Morgan fingerprint density at radius 2 is 1.79 bits per heavy atom. The summed E-state index contributed by atoms with van der Waals surface area (Å²) >= 11 is 0. The van der Waals surface area contributed by atoms with Crippen molar-refractivity contribution in [3.63, 3.8) is 0 Å². The van der Waals surface area contributed by atoms with Gasteiger partial charge in [-0.1, -0.05) is 5.22 Å². The molecule has 2 aliphatic rings. The smallest absolute Gasteiger partial charge is 0.263 e. The highest BCUT2D eigenvalue weighted by Crippen LogP contribution is 2.33. The summed E-state index contributed by atoms with van der Waals surface area (Å²) in [6, 6.07) is 10.7. The van der Waals surface area contributed by atoms with Crippen LogP contribution in [0.1, 0.15) is 18.4 Å². The number of halogens is 1. The topological polar surface area (TPSA) is 101 Å². The third-order valence-corrected chi connectivity index (χ3v) is 5.56. The fraction of sp³-hybridized carbons (Fsp3) is 0.261. The van der Waals surface area contributed by atoms with E-state index in [-0.39, 0.29) is 6.54 Å². The Morgan fingerprint density at radius 1 is 1.06 bits per heavy atom. The Balaban J connectivity index is 1.35. The predicted octanol–water partition coefficient (Wildman–Crippen LogP) is 3.68. The number of ether oxygens (including phenoxy) is 1. The first-order valence-electron chi connectivity index (χ1n) is 10.5. The highest BCUT2D eigenvalue weighted by molar-refractivity contribution is 6.25. The summed E-state index contributed by atoms with van der Waals surface area (Å²) in [5.41, 5.74) is 1.66. The molecule has 2 atom stereocenters. The van der Waals surface area contributed by atoms with Crippen molar-refractivity contribution in [1.29, 1.82) is 0 Å². The molecule has 0 spiro atoms. The molecule has 2 aromatic carbocycles. The number of aromatic nitrogens is 1. The fourth-order valence-corrected chi connectivity index (χ4v) is 3.91. The van der Waals surface area contributed by atoms with E-state index in [0.29, 0.717) is 29.6 Å². The number of anilines is 1. The number of carbonyl (C=O) groups excluding carboxylic acids is 2. The zero-order chi connectivity index (χ0) is 23.1. The molecule has 3 aromatic rings. The number of imide groups is 1. The van der Waals surface area contributed by atoms with Crippen LogP contribution in [0.15, 0.2) is 63.3 Å². The van der Waals surface area contributed by atoms with Gasteiger partial charge in [0.05, 0.1) is 18.8 Å². The van der Waals surface area contributed by atoms with Crippen LogP contribution in [0.3, 0.4) is 0 Å². The van der Waals surface area contributed by atoms with E-state index in [2.05, 4.69) is 15.3 Å². The number of rotatable bonds is 6. The molecular formula is C23H20FN5O4. The van der Waals surface area contributed by atoms with Gasteiger partial charge in [0, 0.05) is 5.56 Å². The second-order valence-corrected chi connectivity index (χ2v) is 7.66. The van der Waals surface area contributed by atoms with Gasteiger partial charge >= 0.3 is 0 Å². The van der Waals surface area contributed by atoms with Crippen LogP contribution in [0.25, 0.3) is 11.5 Å². The van der Waals surface area contributed by atoms with E-state index in [1.165, 1.54) is 29.3 Å². The molecule has 33 heavy (non-hydrogen) atoms. The molecule has 5 rings (SSSR count). The van der Waals surface area contributed by atoms with Crippen molar-refractivity contribution in [2.45, 2.75) is 32.5 Å². The molecule has 3 heterocycles. The molecule has 0 radical (unpaired) electrons. The zero-order valence-electron chi connectivity index (χ0n) is 17.9. The molecule has 0 saturated carbocycles. The average Bonchev–Trinajstić information content (AvgIpc) is 3.46. The first-order chi connectivity index (χ1) is 16.0. The fourth-order valence-electron chi connectivity index (χ4n) is 3.91. The molecule has 0 N–H and O–H groups in total. The summed E-state index contributed by atoms with van der Waals surface area (Å²) in [6.45, 7) is 4.41. The monoisotopic (exact) mass is 449 g/mol. The first kappa shape index (κ1) is 20.8. The Bertz CT molecular complexity index is 1240. The van der Waals surface area contributed by atoms with Crippen molar-refractivity contribution < 1.29 is 23.1 Å². The highest BCUT2D eigenvalue weighted by atomic mass is 19.1. The molecule has 2 aliphatic heterocycles. The van der Waals surface area contributed by atoms with Crippen LogP contribution in [0.4, 0.5) is 10.1 Å². The lowest BCUT2D eigenvalue weighted by molar-refractivity contribution is -0.123. The SMILES string of the molecule is CCOc1ccc(-c2nc(CN3N=N[C@H]4C(=O)N(c5ccc(F)cc5)C(=O)[C@H]43)c(C)o2)cc1. The lowest BCUT2D eigenvalue weighted by Crippen LogP contribution is -2.39. The molecule has 0 bridgehead atoms. The number of amides is 2. The number of carbonyl (C=O) groups is 2. The van der Waals surface area contributed by atoms with Gasteiger partial charge in [-0.05, 0) is 62.4 Å². The second kappa shape index (κ2) is 8.12. The summed E-state index contributed by atoms with van der Waals surface area (Å²) in [7, 11) is 0. The van der Waals surface area contributed by atoms with Crippen molar-refractivity contribution in [2.24, 2.45) is 10.3 Å². The molecule has 1 fully saturated rings. The van der Waals surface area contributed by atoms with Gasteiger partial charge in [0.25, 0.3) is 11.8 Å². The number of hydrogen-bond donors (Lipinski definition) is 0. The van der Waals surface area contributed by atoms with Crippen molar-refractivity contribution in [3.8, 4) is 17.2 Å². The number of hydrogen-bond acceptors (Lipinski definition) is 8. The van der Waals surface area contributed by atoms with E-state index in [9.17, 15) is 14.0 Å². The Labute approximate surface area is 188 Å². The lowest BCUT2D eigenvalue weighted by Gasteiger charge is -2.19. The molecule has 1 saturated heterocycles. The average molecular weight is 449 g/mol. The normalized spacial score (nSPS) is 19.5. The van der Waals surface area contributed by atoms with Crippen LogP contribution >= 0.6 is 0 Å². The van der Waals surface area contributed by atoms with Gasteiger partial charge in [-0.25, -0.2) is 14.3 Å². The minimum Gasteiger partial charge on any atom is -0.494 e. The summed E-state index contributed by atoms with van der Waals surface area (Å²) in [4.78, 5) is 31.5. The minimum atomic E-state index is -0.944. The number of aryl methyl sites for hydroxylation is 1. The van der Waals surface area contributed by atoms with Gasteiger partial charge in [-0.2, -0.15) is 5.11 Å². The largest absolute Gasteiger partial charge is 0.494 e. The van der Waals surface area contributed by atoms with Crippen LogP contribution in [0, 0.1) is 12.7 Å². The van der Waals surface area contributed by atoms with Gasteiger partial charge in [0.2, 0.25) is 5.89 Å². The molecule has 10 heteroatoms. The third kappa shape index (κ3) is 3.63. The van der Waals surface area contributed by atoms with Gasteiger partial charge in [0.15, 0.2) is 12.1 Å². The van der Waals surface area contributed by atoms with E-state index in [1.807, 2.05) is 31.2 Å². The molecule has 168 valence electrons. The Kier molecular flexibility index (Phi) is 5.12. The van der Waals surface area contributed by atoms with E-state index in [0.717, 1.165) is 16.2 Å². The maximum absolute atomic E-state index is 13.3. The maximum Gasteiger partial charge on any atom is 0.263 e. The molecule has 0 unspecified atom stereocenters. The second-order valence-electron chi connectivity index (χ2n) is 7.66. The van der Waals surface area contributed by atoms with Crippen molar-refractivity contribution in [2.75, 3.05) is 11.5 Å². The summed E-state index contributed by atoms with van der Waals surface area (Å²) in [5, 5.41) is 9.51. The van der Waals surface area contributed by atoms with E-state index in [1.54, 1.807) is 6.92 Å². The van der Waals surface area contributed by atoms with Crippen molar-refractivity contribution >= 4 is 17.5 Å². The van der Waals surface area contributed by atoms with Gasteiger partial charge in [0.1, 0.15) is 23.0 Å². The number of oxazole rings is 1. The number of fused-ring (bicyclic) bond motifs is 1. The minimum absolute atomic E-state index is 0.146. The van der Waals surface area contributed by atoms with Gasteiger partial charge in [-0.3, -0.25) is 14.6 Å². The summed E-state index contributed by atoms with van der Waals surface area (Å²) < 4.78 is 24.5. The quantitative estimate of drug-likeness (QED) is 0.532. The van der Waals surface area contributed by atoms with Crippen LogP contribution in [0.5, 0.6) is 5.75 Å². The number of benzene rings is 2. The first-order valence-corrected chi connectivity index (χ1v) is 10.5. The lowest BCUT2D eigenvalue weighted by atomic mass is 10.1. The predicted molar refractivity (Wildman–Crippen MR) is 115 cm³/mol. The van der Waals surface area contributed by atoms with Crippen LogP contribution in [-0.4, -0.2) is 40.5 Å². The standard InChI is InChI=1S/C23H20FN5O4/c1-3-32-17-10-4-14(5-11-17)21-25-18(13(2)33-21)12-28-20-19(26-27-28)22(30)29(23(20)31)16-8-6-15(24)7-9-16/h4-11,19-20H,3,12H2,1-2H3/t19-,20+/m1/s1. The molecule has 9 nitrogen and oxygen atoms in total. The molecular weight excluding hydrogens is 429 g/mol. The van der Waals surface area contributed by atoms with Gasteiger partial charge in [-0.15, -0.1) is 0 Å². The maximum atomic E-state index is 13.3. The van der Waals surface area contributed by atoms with Crippen molar-refractivity contribution in [3.05, 3.63) is 65.8 Å². The van der Waals surface area contributed by atoms with Crippen LogP contribution < -0.4 is 9.64 Å². The molecule has 0 aliphatic carbocycles. The third-order valence-electron chi connectivity index (χ3n) is 5.56.